The molecular formula is C32H40N2O3S. The molecule has 0 saturated heterocycles. The second kappa shape index (κ2) is 13.7. The lowest BCUT2D eigenvalue weighted by molar-refractivity contribution is -0.134. The highest BCUT2D eigenvalue weighted by Gasteiger charge is 2.34. The van der Waals surface area contributed by atoms with Crippen LogP contribution in [0.4, 0.5) is 0 Å². The molecule has 5 nitrogen and oxygen atoms in total. The van der Waals surface area contributed by atoms with Crippen molar-refractivity contribution in [3.63, 3.8) is 0 Å². The molecule has 0 fully saturated rings. The minimum atomic E-state index is -0.135. The Morgan fingerprint density at radius 2 is 1.79 bits per heavy atom. The third-order valence-corrected chi connectivity index (χ3v) is 8.37. The van der Waals surface area contributed by atoms with Crippen molar-refractivity contribution in [2.45, 2.75) is 58.4 Å². The molecule has 0 bridgehead atoms. The molecule has 4 rings (SSSR count). The first-order valence-corrected chi connectivity index (χ1v) is 14.7. The Kier molecular flexibility index (Phi) is 10.1. The molecule has 38 heavy (non-hydrogen) atoms. The molecule has 2 heterocycles. The molecule has 202 valence electrons. The van der Waals surface area contributed by atoms with Crippen LogP contribution < -0.4 is 0 Å². The van der Waals surface area contributed by atoms with Crippen LogP contribution in [0.2, 0.25) is 0 Å². The van der Waals surface area contributed by atoms with E-state index >= 15 is 0 Å². The van der Waals surface area contributed by atoms with E-state index in [-0.39, 0.29) is 24.4 Å². The standard InChI is InChI=1S/C32H40N2O3S/c1-4-5-6-7-8-25-11-15-27(16-12-25)32(36)33(20-21-37-3)23-30(35)34-19-17-29-28(18-22-38-29)31(34)26-13-9-24(2)10-14-26/h9-16,18,22,31H,4-8,17,19-21,23H2,1-3H3. The summed E-state index contributed by atoms with van der Waals surface area (Å²) in [6.07, 6.45) is 6.75. The van der Waals surface area contributed by atoms with E-state index in [0.717, 1.165) is 18.4 Å². The van der Waals surface area contributed by atoms with E-state index in [9.17, 15) is 9.59 Å². The highest BCUT2D eigenvalue weighted by atomic mass is 32.1. The van der Waals surface area contributed by atoms with Gasteiger partial charge >= 0.3 is 0 Å². The molecular weight excluding hydrogens is 492 g/mol. The average molecular weight is 533 g/mol. The summed E-state index contributed by atoms with van der Waals surface area (Å²) in [4.78, 5) is 32.3. The van der Waals surface area contributed by atoms with E-state index in [1.165, 1.54) is 47.3 Å². The number of fused-ring (bicyclic) bond motifs is 1. The maximum absolute atomic E-state index is 13.8. The lowest BCUT2D eigenvalue weighted by Gasteiger charge is -2.37. The predicted molar refractivity (Wildman–Crippen MR) is 155 cm³/mol. The van der Waals surface area contributed by atoms with E-state index in [2.05, 4.69) is 49.6 Å². The van der Waals surface area contributed by atoms with Gasteiger partial charge in [0.25, 0.3) is 5.91 Å². The topological polar surface area (TPSA) is 49.9 Å². The van der Waals surface area contributed by atoms with Gasteiger partial charge in [-0.15, -0.1) is 11.3 Å². The quantitative estimate of drug-likeness (QED) is 0.252. The first kappa shape index (κ1) is 28.1. The Labute approximate surface area is 231 Å². The van der Waals surface area contributed by atoms with Gasteiger partial charge in [0.15, 0.2) is 0 Å². The van der Waals surface area contributed by atoms with E-state index in [0.29, 0.717) is 25.3 Å². The van der Waals surface area contributed by atoms with Crippen molar-refractivity contribution < 1.29 is 14.3 Å². The fourth-order valence-electron chi connectivity index (χ4n) is 5.15. The minimum Gasteiger partial charge on any atom is -0.383 e. The van der Waals surface area contributed by atoms with Crippen molar-refractivity contribution in [2.75, 3.05) is 33.4 Å². The van der Waals surface area contributed by atoms with Gasteiger partial charge in [0.05, 0.1) is 12.6 Å². The van der Waals surface area contributed by atoms with Gasteiger partial charge in [0, 0.05) is 30.6 Å². The Hall–Kier alpha value is -2.96. The van der Waals surface area contributed by atoms with Gasteiger partial charge in [-0.2, -0.15) is 0 Å². The number of methoxy groups -OCH3 is 1. The molecule has 0 spiro atoms. The van der Waals surface area contributed by atoms with Gasteiger partial charge in [0.2, 0.25) is 5.91 Å². The lowest BCUT2D eigenvalue weighted by Crippen LogP contribution is -2.47. The Morgan fingerprint density at radius 3 is 2.50 bits per heavy atom. The summed E-state index contributed by atoms with van der Waals surface area (Å²) in [5.74, 6) is -0.169. The number of unbranched alkanes of at least 4 members (excludes halogenated alkanes) is 3. The van der Waals surface area contributed by atoms with Crippen molar-refractivity contribution in [2.24, 2.45) is 0 Å². The SMILES string of the molecule is CCCCCCc1ccc(C(=O)N(CCOC)CC(=O)N2CCc3sccc3C2c2ccc(C)cc2)cc1. The number of aryl methyl sites for hydroxylation is 2. The monoisotopic (exact) mass is 532 g/mol. The molecule has 2 amide bonds. The van der Waals surface area contributed by atoms with E-state index < -0.39 is 0 Å². The van der Waals surface area contributed by atoms with Crippen LogP contribution >= 0.6 is 11.3 Å². The number of benzene rings is 2. The molecule has 1 aromatic heterocycles. The van der Waals surface area contributed by atoms with Crippen LogP contribution in [-0.4, -0.2) is 55.0 Å². The molecule has 0 N–H and O–H groups in total. The maximum atomic E-state index is 13.8. The summed E-state index contributed by atoms with van der Waals surface area (Å²) in [6, 6.07) is 18.3. The molecule has 2 aromatic carbocycles. The van der Waals surface area contributed by atoms with Crippen LogP contribution in [0.3, 0.4) is 0 Å². The number of hydrogen-bond donors (Lipinski definition) is 0. The van der Waals surface area contributed by atoms with Crippen molar-refractivity contribution in [3.8, 4) is 0 Å². The number of amides is 2. The second-order valence-electron chi connectivity index (χ2n) is 10.2. The highest BCUT2D eigenvalue weighted by molar-refractivity contribution is 7.10. The largest absolute Gasteiger partial charge is 0.383 e. The summed E-state index contributed by atoms with van der Waals surface area (Å²) in [6.45, 7) is 5.71. The molecule has 6 heteroatoms. The van der Waals surface area contributed by atoms with Gasteiger partial charge in [-0.1, -0.05) is 68.1 Å². The van der Waals surface area contributed by atoms with Crippen LogP contribution in [0.5, 0.6) is 0 Å². The summed E-state index contributed by atoms with van der Waals surface area (Å²) >= 11 is 1.76. The molecule has 3 aromatic rings. The van der Waals surface area contributed by atoms with Crippen molar-refractivity contribution >= 4 is 23.2 Å². The first-order valence-electron chi connectivity index (χ1n) is 13.8. The Balaban J connectivity index is 1.50. The number of nitrogens with zero attached hydrogens (tertiary/aromatic N) is 2. The van der Waals surface area contributed by atoms with Crippen LogP contribution in [0, 0.1) is 6.92 Å². The van der Waals surface area contributed by atoms with Crippen LogP contribution in [0.1, 0.15) is 76.1 Å². The predicted octanol–water partition coefficient (Wildman–Crippen LogP) is 6.44. The Bertz CT molecular complexity index is 1190. The lowest BCUT2D eigenvalue weighted by atomic mass is 9.92. The van der Waals surface area contributed by atoms with Gasteiger partial charge in [-0.3, -0.25) is 9.59 Å². The van der Waals surface area contributed by atoms with E-state index in [1.54, 1.807) is 23.3 Å². The maximum Gasteiger partial charge on any atom is 0.254 e. The second-order valence-corrected chi connectivity index (χ2v) is 11.2. The number of ether oxygens (including phenoxy) is 1. The smallest absolute Gasteiger partial charge is 0.254 e. The van der Waals surface area contributed by atoms with Gasteiger partial charge < -0.3 is 14.5 Å². The van der Waals surface area contributed by atoms with Crippen molar-refractivity contribution in [1.82, 2.24) is 9.80 Å². The molecule has 1 aliphatic heterocycles. The normalized spacial score (nSPS) is 14.8. The zero-order chi connectivity index (χ0) is 26.9. The third-order valence-electron chi connectivity index (χ3n) is 7.38. The fourth-order valence-corrected chi connectivity index (χ4v) is 6.06. The zero-order valence-corrected chi connectivity index (χ0v) is 23.8. The van der Waals surface area contributed by atoms with Crippen LogP contribution in [0.25, 0.3) is 0 Å². The highest BCUT2D eigenvalue weighted by Crippen LogP contribution is 2.38. The molecule has 0 saturated carbocycles. The van der Waals surface area contributed by atoms with Gasteiger partial charge in [-0.25, -0.2) is 0 Å². The number of thiophene rings is 1. The molecule has 1 unspecified atom stereocenters. The van der Waals surface area contributed by atoms with E-state index in [4.69, 9.17) is 4.74 Å². The third kappa shape index (κ3) is 6.91. The number of rotatable bonds is 12. The number of carbonyl (C=O) groups is 2. The van der Waals surface area contributed by atoms with Crippen molar-refractivity contribution in [3.05, 3.63) is 92.7 Å². The molecule has 0 aliphatic carbocycles. The number of hydrogen-bond acceptors (Lipinski definition) is 4. The fraction of sp³-hybridized carbons (Fsp3) is 0.438. The van der Waals surface area contributed by atoms with E-state index in [1.807, 2.05) is 29.2 Å². The summed E-state index contributed by atoms with van der Waals surface area (Å²) in [5, 5.41) is 2.11. The molecule has 0 radical (unpaired) electrons. The zero-order valence-electron chi connectivity index (χ0n) is 22.9. The summed E-state index contributed by atoms with van der Waals surface area (Å²) < 4.78 is 5.29. The van der Waals surface area contributed by atoms with Crippen LogP contribution in [-0.2, 0) is 22.4 Å². The average Bonchev–Trinajstić information content (AvgIpc) is 3.42. The van der Waals surface area contributed by atoms with Crippen molar-refractivity contribution in [1.29, 1.82) is 0 Å². The molecule has 1 atom stereocenters. The van der Waals surface area contributed by atoms with Crippen LogP contribution in [0.15, 0.2) is 60.0 Å². The van der Waals surface area contributed by atoms with Gasteiger partial charge in [-0.05, 0) is 66.5 Å². The molecule has 1 aliphatic rings. The first-order chi connectivity index (χ1) is 18.5. The summed E-state index contributed by atoms with van der Waals surface area (Å²) in [5.41, 5.74) is 5.35. The minimum absolute atomic E-state index is 0.0305. The Morgan fingerprint density at radius 1 is 1.03 bits per heavy atom. The van der Waals surface area contributed by atoms with Gasteiger partial charge in [0.1, 0.15) is 6.54 Å². The summed E-state index contributed by atoms with van der Waals surface area (Å²) in [7, 11) is 1.62. The number of carbonyl (C=O) groups excluding carboxylic acids is 2.